The van der Waals surface area contributed by atoms with Crippen LogP contribution in [-0.2, 0) is 64.2 Å². The Morgan fingerprint density at radius 3 is 2.19 bits per heavy atom. The number of oxime groups is 1. The molecule has 0 spiro atoms. The lowest BCUT2D eigenvalue weighted by Crippen LogP contribution is -2.40. The van der Waals surface area contributed by atoms with Gasteiger partial charge in [0.1, 0.15) is 5.75 Å². The normalized spacial score (nSPS) is 15.3. The fourth-order valence-electron chi connectivity index (χ4n) is 3.61. The van der Waals surface area contributed by atoms with Crippen LogP contribution in [0.1, 0.15) is 34.2 Å². The summed E-state index contributed by atoms with van der Waals surface area (Å²) in [6, 6.07) is 9.75. The summed E-state index contributed by atoms with van der Waals surface area (Å²) in [7, 11) is -9.19. The van der Waals surface area contributed by atoms with Gasteiger partial charge in [-0.2, -0.15) is 25.6 Å². The van der Waals surface area contributed by atoms with Gasteiger partial charge in [0.15, 0.2) is 0 Å². The number of alkyl halides is 2. The van der Waals surface area contributed by atoms with E-state index in [0.717, 1.165) is 5.56 Å². The maximum atomic E-state index is 14.5. The van der Waals surface area contributed by atoms with E-state index < -0.39 is 31.4 Å². The number of nitrogens with zero attached hydrogens (tertiary/aromatic N) is 1. The molecule has 0 aliphatic heterocycles. The third kappa shape index (κ3) is 5.83. The van der Waals surface area contributed by atoms with Gasteiger partial charge in [0.05, 0.1) is 25.5 Å². The Labute approximate surface area is 207 Å². The van der Waals surface area contributed by atoms with E-state index in [1.807, 2.05) is 0 Å². The van der Waals surface area contributed by atoms with E-state index in [1.165, 1.54) is 26.4 Å². The highest BCUT2D eigenvalue weighted by Gasteiger charge is 2.61. The number of fused-ring (bicyclic) bond motifs is 1. The highest BCUT2D eigenvalue weighted by molar-refractivity contribution is 8.05. The molecule has 0 heterocycles. The van der Waals surface area contributed by atoms with Gasteiger partial charge in [0, 0.05) is 30.9 Å². The topological polar surface area (TPSA) is 138 Å². The van der Waals surface area contributed by atoms with Crippen LogP contribution in [0.25, 0.3) is 0 Å². The van der Waals surface area contributed by atoms with Crippen LogP contribution >= 0.6 is 0 Å². The van der Waals surface area contributed by atoms with E-state index in [-0.39, 0.29) is 37.5 Å². The summed E-state index contributed by atoms with van der Waals surface area (Å²) in [4.78, 5) is 0. The van der Waals surface area contributed by atoms with Crippen LogP contribution in [0, 0.1) is 0 Å². The van der Waals surface area contributed by atoms with Crippen molar-refractivity contribution < 1.29 is 48.7 Å². The molecule has 198 valence electrons. The number of methoxy groups -OCH3 is 2. The van der Waals surface area contributed by atoms with Crippen molar-refractivity contribution in [1.29, 1.82) is 0 Å². The summed E-state index contributed by atoms with van der Waals surface area (Å²) in [5, 5.41) is 13.5. The fourth-order valence-corrected chi connectivity index (χ4v) is 5.56. The maximum absolute atomic E-state index is 14.5. The molecule has 1 aliphatic carbocycles. The highest BCUT2D eigenvalue weighted by atomic mass is 32.3. The van der Waals surface area contributed by atoms with Gasteiger partial charge in [0.25, 0.3) is 0 Å². The Bertz CT molecular complexity index is 1320. The molecule has 0 radical (unpaired) electrons. The molecule has 36 heavy (non-hydrogen) atoms. The number of aryl methyl sites for hydroxylation is 1. The van der Waals surface area contributed by atoms with E-state index in [9.17, 15) is 30.7 Å². The highest BCUT2D eigenvalue weighted by Crippen LogP contribution is 2.33. The number of aromatic hydroxyl groups is 1. The Balaban J connectivity index is 1.71. The average Bonchev–Trinajstić information content (AvgIpc) is 3.24. The summed E-state index contributed by atoms with van der Waals surface area (Å²) in [5.74, 6) is -0.0859. The van der Waals surface area contributed by atoms with Crippen molar-refractivity contribution in [1.82, 2.24) is 0 Å². The lowest BCUT2D eigenvalue weighted by atomic mass is 10.0. The van der Waals surface area contributed by atoms with E-state index in [0.29, 0.717) is 28.7 Å². The zero-order valence-electron chi connectivity index (χ0n) is 19.4. The van der Waals surface area contributed by atoms with Gasteiger partial charge in [-0.05, 0) is 42.5 Å². The molecule has 14 heteroatoms. The second-order valence-electron chi connectivity index (χ2n) is 7.84. The molecule has 2 aromatic rings. The van der Waals surface area contributed by atoms with Crippen LogP contribution < -0.4 is 0 Å². The number of benzene rings is 2. The lowest BCUT2D eigenvalue weighted by Gasteiger charge is -2.16. The Morgan fingerprint density at radius 1 is 0.972 bits per heavy atom. The first-order chi connectivity index (χ1) is 16.9. The van der Waals surface area contributed by atoms with Gasteiger partial charge in [0.2, 0.25) is 0 Å². The molecular formula is C22H25F2NO9S2. The van der Waals surface area contributed by atoms with Crippen LogP contribution in [0.15, 0.2) is 41.6 Å². The number of hydrogen-bond acceptors (Lipinski definition) is 10. The van der Waals surface area contributed by atoms with Crippen LogP contribution in [0.2, 0.25) is 0 Å². The van der Waals surface area contributed by atoms with Crippen molar-refractivity contribution in [3.05, 3.63) is 64.2 Å². The Morgan fingerprint density at radius 2 is 1.58 bits per heavy atom. The Kier molecular flexibility index (Phi) is 8.67. The molecule has 0 saturated heterocycles. The van der Waals surface area contributed by atoms with E-state index in [2.05, 4.69) is 13.6 Å². The molecule has 3 rings (SSSR count). The van der Waals surface area contributed by atoms with Crippen molar-refractivity contribution in [2.45, 2.75) is 37.1 Å². The summed E-state index contributed by atoms with van der Waals surface area (Å²) in [6.45, 7) is -0.759. The van der Waals surface area contributed by atoms with Gasteiger partial charge in [-0.15, -0.1) is 0 Å². The second kappa shape index (κ2) is 11.2. The van der Waals surface area contributed by atoms with Crippen molar-refractivity contribution in [3.63, 3.8) is 0 Å². The largest absolute Gasteiger partial charge is 0.508 e. The summed E-state index contributed by atoms with van der Waals surface area (Å²) >= 11 is 0. The smallest absolute Gasteiger partial charge is 0.507 e. The maximum Gasteiger partial charge on any atom is 0.508 e. The number of hydrogen-bond donors (Lipinski definition) is 1. The molecule has 0 unspecified atom stereocenters. The van der Waals surface area contributed by atoms with Crippen LogP contribution in [0.3, 0.4) is 0 Å². The molecule has 1 aliphatic rings. The number of rotatable bonds is 12. The van der Waals surface area contributed by atoms with Gasteiger partial charge in [-0.25, -0.2) is 0 Å². The van der Waals surface area contributed by atoms with Gasteiger partial charge < -0.3 is 14.6 Å². The monoisotopic (exact) mass is 549 g/mol. The molecule has 0 bridgehead atoms. The third-order valence-corrected chi connectivity index (χ3v) is 8.48. The molecule has 0 aromatic heterocycles. The van der Waals surface area contributed by atoms with Crippen LogP contribution in [-0.4, -0.2) is 53.1 Å². The zero-order valence-corrected chi connectivity index (χ0v) is 21.1. The van der Waals surface area contributed by atoms with Crippen molar-refractivity contribution in [2.75, 3.05) is 20.8 Å². The van der Waals surface area contributed by atoms with Gasteiger partial charge >= 0.3 is 24.8 Å². The number of halogens is 2. The van der Waals surface area contributed by atoms with Crippen LogP contribution in [0.4, 0.5) is 8.78 Å². The summed E-state index contributed by atoms with van der Waals surface area (Å²) in [6.07, 6.45) is 0.543. The zero-order chi connectivity index (χ0) is 26.6. The molecule has 0 atom stereocenters. The third-order valence-electron chi connectivity index (χ3n) is 5.34. The average molecular weight is 550 g/mol. The molecule has 0 saturated carbocycles. The van der Waals surface area contributed by atoms with E-state index in [1.54, 1.807) is 24.3 Å². The van der Waals surface area contributed by atoms with Crippen molar-refractivity contribution in [2.24, 2.45) is 5.16 Å². The first-order valence-corrected chi connectivity index (χ1v) is 13.4. The molecule has 0 fully saturated rings. The molecule has 2 aromatic carbocycles. The SMILES string of the molecule is COCc1cc(CCOS(=O)(=O)C(F)(F)S(=O)(=O)O/N=C2\CCc3ccccc32)cc(COC)c1O. The minimum absolute atomic E-state index is 0.0240. The quantitative estimate of drug-likeness (QED) is 0.313. The number of phenols is 1. The lowest BCUT2D eigenvalue weighted by molar-refractivity contribution is 0.132. The standard InChI is InChI=1S/C22H25F2NO9S2/c1-31-13-17-11-15(12-18(14-32-2)21(17)26)9-10-33-35(27,28)22(23,24)36(29,30)34-25-20-8-7-16-5-3-4-6-19(16)20/h3-6,11-12,26H,7-10,13-14H2,1-2H3/b25-20+. The molecular weight excluding hydrogens is 524 g/mol. The first-order valence-electron chi connectivity index (χ1n) is 10.6. The first kappa shape index (κ1) is 27.9. The molecule has 0 amide bonds. The second-order valence-corrected chi connectivity index (χ2v) is 11.3. The molecule has 1 N–H and O–H groups in total. The van der Waals surface area contributed by atoms with E-state index >= 15 is 0 Å². The summed E-state index contributed by atoms with van der Waals surface area (Å²) < 4.78 is 90.4. The van der Waals surface area contributed by atoms with Crippen molar-refractivity contribution >= 4 is 25.9 Å². The van der Waals surface area contributed by atoms with Crippen molar-refractivity contribution in [3.8, 4) is 5.75 Å². The van der Waals surface area contributed by atoms with Gasteiger partial charge in [-0.3, -0.25) is 8.47 Å². The fraction of sp³-hybridized carbons (Fsp3) is 0.409. The number of phenolic OH excluding ortho intramolecular Hbond substituents is 1. The predicted octanol–water partition coefficient (Wildman–Crippen LogP) is 2.82. The van der Waals surface area contributed by atoms with Crippen LogP contribution in [0.5, 0.6) is 5.75 Å². The molecule has 10 nitrogen and oxygen atoms in total. The van der Waals surface area contributed by atoms with Gasteiger partial charge in [-0.1, -0.05) is 29.4 Å². The minimum atomic E-state index is -6.04. The van der Waals surface area contributed by atoms with E-state index in [4.69, 9.17) is 9.47 Å². The summed E-state index contributed by atoms with van der Waals surface area (Å²) in [5.41, 5.74) is 2.60. The minimum Gasteiger partial charge on any atom is -0.507 e. The number of ether oxygens (including phenoxy) is 2. The Hall–Kier alpha value is -2.65. The predicted molar refractivity (Wildman–Crippen MR) is 124 cm³/mol.